The first-order chi connectivity index (χ1) is 28.1. The maximum Gasteiger partial charge on any atom is 0.160 e. The van der Waals surface area contributed by atoms with Crippen LogP contribution in [0.2, 0.25) is 0 Å². The number of fused-ring (bicyclic) bond motifs is 2. The lowest BCUT2D eigenvalue weighted by molar-refractivity contribution is 0.997. The molecule has 0 amide bonds. The normalized spacial score (nSPS) is 12.0. The lowest BCUT2D eigenvalue weighted by Crippen LogP contribution is -2.25. The number of hydrogen-bond donors (Lipinski definition) is 0. The lowest BCUT2D eigenvalue weighted by atomic mass is 9.80. The number of aromatic nitrogens is 2. The van der Waals surface area contributed by atoms with Crippen LogP contribution in [0.3, 0.4) is 0 Å². The number of anilines is 3. The molecule has 0 aliphatic carbocycles. The molecule has 0 radical (unpaired) electrons. The van der Waals surface area contributed by atoms with Crippen LogP contribution in [0.25, 0.3) is 56.2 Å². The van der Waals surface area contributed by atoms with Crippen LogP contribution in [-0.2, 0) is 6.42 Å². The van der Waals surface area contributed by atoms with Gasteiger partial charge in [0.2, 0.25) is 0 Å². The van der Waals surface area contributed by atoms with Crippen LogP contribution in [0.1, 0.15) is 55.6 Å². The Balaban J connectivity index is 1.44. The zero-order chi connectivity index (χ0) is 40.2. The average molecular weight is 752 g/mol. The van der Waals surface area contributed by atoms with Crippen molar-refractivity contribution in [2.45, 2.75) is 61.8 Å². The Hall–Kier alpha value is -6.58. The van der Waals surface area contributed by atoms with Gasteiger partial charge in [0, 0.05) is 34.2 Å². The molecular formula is C55H49N3. The first-order valence-corrected chi connectivity index (χ1v) is 20.4. The quantitative estimate of drug-likeness (QED) is 0.169. The van der Waals surface area contributed by atoms with Crippen molar-refractivity contribution >= 4 is 17.1 Å². The second kappa shape index (κ2) is 14.7. The fourth-order valence-corrected chi connectivity index (χ4v) is 9.06. The van der Waals surface area contributed by atoms with Gasteiger partial charge in [-0.1, -0.05) is 121 Å². The Labute approximate surface area is 343 Å². The van der Waals surface area contributed by atoms with Crippen LogP contribution in [-0.4, -0.2) is 9.97 Å². The summed E-state index contributed by atoms with van der Waals surface area (Å²) in [6.45, 7) is 18.5. The van der Waals surface area contributed by atoms with Gasteiger partial charge in [-0.25, -0.2) is 9.97 Å². The molecule has 0 atom stereocenters. The predicted molar refractivity (Wildman–Crippen MR) is 245 cm³/mol. The maximum atomic E-state index is 5.35. The number of nitrogens with zero attached hydrogens (tertiary/aromatic N) is 3. The van der Waals surface area contributed by atoms with Gasteiger partial charge >= 0.3 is 0 Å². The third kappa shape index (κ3) is 6.14. The maximum absolute atomic E-state index is 5.35. The first kappa shape index (κ1) is 37.0. The highest BCUT2D eigenvalue weighted by Crippen LogP contribution is 2.56. The average Bonchev–Trinajstić information content (AvgIpc) is 3.28. The van der Waals surface area contributed by atoms with Crippen LogP contribution >= 0.6 is 0 Å². The molecule has 284 valence electrons. The van der Waals surface area contributed by atoms with Crippen molar-refractivity contribution in [3.8, 4) is 56.2 Å². The van der Waals surface area contributed by atoms with Crippen LogP contribution in [0.15, 0.2) is 140 Å². The van der Waals surface area contributed by atoms with Crippen molar-refractivity contribution in [3.63, 3.8) is 0 Å². The second-order valence-electron chi connectivity index (χ2n) is 16.0. The van der Waals surface area contributed by atoms with E-state index in [9.17, 15) is 0 Å². The van der Waals surface area contributed by atoms with Crippen LogP contribution in [0, 0.1) is 55.4 Å². The summed E-state index contributed by atoms with van der Waals surface area (Å²) >= 11 is 0. The van der Waals surface area contributed by atoms with E-state index in [2.05, 4.69) is 200 Å². The largest absolute Gasteiger partial charge is 0.308 e. The Bertz CT molecular complexity index is 2670. The minimum Gasteiger partial charge on any atom is -0.308 e. The highest BCUT2D eigenvalue weighted by molar-refractivity contribution is 6.03. The summed E-state index contributed by atoms with van der Waals surface area (Å²) in [6.07, 6.45) is 0.907. The van der Waals surface area contributed by atoms with Crippen molar-refractivity contribution < 1.29 is 0 Å². The standard InChI is InChI=1S/C55H49N3/c1-33-35(3)39(7)52-46(37(33)5)31-47-38(6)34(2)36(4)40(8)53(47)58(52)54-48(41-21-13-9-14-22-41)29-45(30-49(54)42-23-15-10-16-24-42)55-56-50(43-25-17-11-18-26-43)32-51(57-55)44-27-19-12-20-28-44/h9-30,32H,31H2,1-8H3. The molecule has 1 aliphatic heterocycles. The molecule has 3 nitrogen and oxygen atoms in total. The Morgan fingerprint density at radius 3 is 1.07 bits per heavy atom. The van der Waals surface area contributed by atoms with E-state index in [4.69, 9.17) is 9.97 Å². The van der Waals surface area contributed by atoms with Crippen molar-refractivity contribution in [1.29, 1.82) is 0 Å². The Morgan fingerprint density at radius 1 is 0.345 bits per heavy atom. The van der Waals surface area contributed by atoms with Gasteiger partial charge in [0.15, 0.2) is 5.82 Å². The van der Waals surface area contributed by atoms with E-state index in [-0.39, 0.29) is 0 Å². The molecule has 1 aromatic heterocycles. The number of rotatable bonds is 6. The van der Waals surface area contributed by atoms with E-state index in [1.807, 2.05) is 0 Å². The fourth-order valence-electron chi connectivity index (χ4n) is 9.06. The van der Waals surface area contributed by atoms with E-state index in [1.165, 1.54) is 72.7 Å². The number of benzene rings is 7. The van der Waals surface area contributed by atoms with Crippen LogP contribution < -0.4 is 4.90 Å². The molecule has 58 heavy (non-hydrogen) atoms. The smallest absolute Gasteiger partial charge is 0.160 e. The van der Waals surface area contributed by atoms with E-state index < -0.39 is 0 Å². The van der Waals surface area contributed by atoms with Crippen molar-refractivity contribution in [3.05, 3.63) is 195 Å². The summed E-state index contributed by atoms with van der Waals surface area (Å²) < 4.78 is 0. The third-order valence-corrected chi connectivity index (χ3v) is 13.0. The predicted octanol–water partition coefficient (Wildman–Crippen LogP) is 14.7. The van der Waals surface area contributed by atoms with Crippen LogP contribution in [0.4, 0.5) is 17.1 Å². The molecule has 0 saturated heterocycles. The molecule has 0 bridgehead atoms. The molecule has 1 aliphatic rings. The molecule has 0 saturated carbocycles. The van der Waals surface area contributed by atoms with Crippen molar-refractivity contribution in [2.75, 3.05) is 4.90 Å². The Morgan fingerprint density at radius 2 is 0.690 bits per heavy atom. The van der Waals surface area contributed by atoms with Gasteiger partial charge in [0.05, 0.1) is 28.5 Å². The zero-order valence-corrected chi connectivity index (χ0v) is 34.8. The third-order valence-electron chi connectivity index (χ3n) is 13.0. The lowest BCUT2D eigenvalue weighted by Gasteiger charge is -2.41. The molecular weight excluding hydrogens is 703 g/mol. The molecule has 9 rings (SSSR count). The first-order valence-electron chi connectivity index (χ1n) is 20.4. The Kier molecular flexibility index (Phi) is 9.41. The summed E-state index contributed by atoms with van der Waals surface area (Å²) in [5.41, 5.74) is 26.9. The van der Waals surface area contributed by atoms with Gasteiger partial charge < -0.3 is 4.90 Å². The molecule has 0 spiro atoms. The minimum atomic E-state index is 0.692. The molecule has 0 fully saturated rings. The van der Waals surface area contributed by atoms with Crippen molar-refractivity contribution in [2.24, 2.45) is 0 Å². The van der Waals surface area contributed by atoms with Gasteiger partial charge in [-0.2, -0.15) is 0 Å². The van der Waals surface area contributed by atoms with Gasteiger partial charge in [0.1, 0.15) is 0 Å². The molecule has 8 aromatic rings. The molecule has 0 unspecified atom stereocenters. The van der Waals surface area contributed by atoms with Gasteiger partial charge in [0.25, 0.3) is 0 Å². The molecule has 3 heteroatoms. The topological polar surface area (TPSA) is 29.0 Å². The summed E-state index contributed by atoms with van der Waals surface area (Å²) in [7, 11) is 0. The summed E-state index contributed by atoms with van der Waals surface area (Å²) in [5, 5.41) is 0. The summed E-state index contributed by atoms with van der Waals surface area (Å²) in [5.74, 6) is 0.692. The van der Waals surface area contributed by atoms with Gasteiger partial charge in [-0.15, -0.1) is 0 Å². The second-order valence-corrected chi connectivity index (χ2v) is 16.0. The van der Waals surface area contributed by atoms with E-state index in [0.29, 0.717) is 5.82 Å². The van der Waals surface area contributed by atoms with Gasteiger partial charge in [-0.3, -0.25) is 0 Å². The number of hydrogen-bond acceptors (Lipinski definition) is 3. The monoisotopic (exact) mass is 751 g/mol. The molecule has 2 heterocycles. The summed E-state index contributed by atoms with van der Waals surface area (Å²) in [4.78, 5) is 13.4. The minimum absolute atomic E-state index is 0.692. The highest BCUT2D eigenvalue weighted by atomic mass is 15.2. The molecule has 7 aromatic carbocycles. The fraction of sp³-hybridized carbons (Fsp3) is 0.164. The summed E-state index contributed by atoms with van der Waals surface area (Å²) in [6, 6.07) is 49.5. The van der Waals surface area contributed by atoms with Crippen LogP contribution in [0.5, 0.6) is 0 Å². The van der Waals surface area contributed by atoms with E-state index >= 15 is 0 Å². The van der Waals surface area contributed by atoms with Crippen molar-refractivity contribution in [1.82, 2.24) is 9.97 Å². The van der Waals surface area contributed by atoms with Gasteiger partial charge in [-0.05, 0) is 140 Å². The van der Waals surface area contributed by atoms with E-state index in [0.717, 1.165) is 56.8 Å². The SMILES string of the molecule is Cc1c(C)c(C)c2c(c1C)Cc1c(C)c(C)c(C)c(C)c1N2c1c(-c2ccccc2)cc(-c2nc(-c3ccccc3)cc(-c3ccccc3)n2)cc1-c1ccccc1. The molecule has 0 N–H and O–H groups in total. The highest BCUT2D eigenvalue weighted by Gasteiger charge is 2.35. The zero-order valence-electron chi connectivity index (χ0n) is 34.8. The van der Waals surface area contributed by atoms with E-state index in [1.54, 1.807) is 0 Å².